The molecule has 0 aliphatic heterocycles. The summed E-state index contributed by atoms with van der Waals surface area (Å²) in [6, 6.07) is 16.6. The number of hydrogen-bond donors (Lipinski definition) is 0. The summed E-state index contributed by atoms with van der Waals surface area (Å²) in [5.74, 6) is -9.33. The quantitative estimate of drug-likeness (QED) is 0.346. The Balaban J connectivity index is 2.24. The fourth-order valence-corrected chi connectivity index (χ4v) is 2.90. The van der Waals surface area contributed by atoms with Gasteiger partial charge in [0.2, 0.25) is 0 Å². The maximum atomic E-state index is 13.7. The van der Waals surface area contributed by atoms with E-state index in [1.54, 1.807) is 60.7 Å². The molecule has 0 aromatic heterocycles. The van der Waals surface area contributed by atoms with E-state index in [2.05, 4.69) is 0 Å². The van der Waals surface area contributed by atoms with Crippen LogP contribution in [0.4, 0.5) is 13.2 Å². The third-order valence-corrected chi connectivity index (χ3v) is 4.47. The predicted molar refractivity (Wildman–Crippen MR) is 101 cm³/mol. The van der Waals surface area contributed by atoms with E-state index in [-0.39, 0.29) is 19.5 Å². The minimum atomic E-state index is -5.00. The summed E-state index contributed by atoms with van der Waals surface area (Å²) in [5, 5.41) is 0. The number of esters is 2. The standard InChI is InChI=1S/C22H21F3O5/c1-15(12-26)19(22(23,24)25)18(20(27)29-13-16-8-4-2-5-9-16)21(28)30-14-17-10-6-3-7-11-17/h2-12,15,18-19H,13-14H2,1H3/t15-,19+/m0/s1. The smallest absolute Gasteiger partial charge is 0.393 e. The molecule has 0 bridgehead atoms. The maximum Gasteiger partial charge on any atom is 0.393 e. The second-order valence-electron chi connectivity index (χ2n) is 6.73. The average molecular weight is 422 g/mol. The Morgan fingerprint density at radius 1 is 0.867 bits per heavy atom. The van der Waals surface area contributed by atoms with Crippen molar-refractivity contribution < 1.29 is 37.0 Å². The van der Waals surface area contributed by atoms with Gasteiger partial charge in [-0.2, -0.15) is 13.2 Å². The number of alkyl halides is 3. The lowest BCUT2D eigenvalue weighted by Gasteiger charge is -2.28. The lowest BCUT2D eigenvalue weighted by Crippen LogP contribution is -2.45. The first-order valence-corrected chi connectivity index (χ1v) is 9.17. The van der Waals surface area contributed by atoms with Crippen molar-refractivity contribution in [1.82, 2.24) is 0 Å². The molecule has 2 rings (SSSR count). The van der Waals surface area contributed by atoms with E-state index in [0.29, 0.717) is 11.1 Å². The van der Waals surface area contributed by atoms with Crippen LogP contribution in [-0.4, -0.2) is 24.4 Å². The van der Waals surface area contributed by atoms with Gasteiger partial charge in [0.25, 0.3) is 0 Å². The van der Waals surface area contributed by atoms with Crippen LogP contribution >= 0.6 is 0 Å². The minimum Gasteiger partial charge on any atom is -0.460 e. The zero-order chi connectivity index (χ0) is 22.1. The molecule has 5 nitrogen and oxygen atoms in total. The number of rotatable bonds is 9. The fraction of sp³-hybridized carbons (Fsp3) is 0.318. The van der Waals surface area contributed by atoms with Gasteiger partial charge in [-0.3, -0.25) is 9.59 Å². The number of ether oxygens (including phenoxy) is 2. The predicted octanol–water partition coefficient (Wildman–Crippen LogP) is 4.10. The van der Waals surface area contributed by atoms with Crippen LogP contribution < -0.4 is 0 Å². The van der Waals surface area contributed by atoms with Gasteiger partial charge < -0.3 is 14.3 Å². The monoisotopic (exact) mass is 422 g/mol. The zero-order valence-corrected chi connectivity index (χ0v) is 16.2. The van der Waals surface area contributed by atoms with Crippen molar-refractivity contribution in [3.8, 4) is 0 Å². The third-order valence-electron chi connectivity index (χ3n) is 4.47. The van der Waals surface area contributed by atoms with Gasteiger partial charge in [-0.15, -0.1) is 0 Å². The van der Waals surface area contributed by atoms with Crippen LogP contribution in [0.2, 0.25) is 0 Å². The van der Waals surface area contributed by atoms with Crippen molar-refractivity contribution in [3.05, 3.63) is 71.8 Å². The van der Waals surface area contributed by atoms with E-state index in [1.807, 2.05) is 0 Å². The molecule has 2 aromatic carbocycles. The Morgan fingerprint density at radius 3 is 1.60 bits per heavy atom. The second kappa shape index (κ2) is 10.6. The summed E-state index contributed by atoms with van der Waals surface area (Å²) in [7, 11) is 0. The van der Waals surface area contributed by atoms with Gasteiger partial charge in [-0.1, -0.05) is 67.6 Å². The molecule has 0 saturated carbocycles. The molecule has 0 fully saturated rings. The fourth-order valence-electron chi connectivity index (χ4n) is 2.90. The highest BCUT2D eigenvalue weighted by molar-refractivity contribution is 5.95. The molecule has 0 spiro atoms. The summed E-state index contributed by atoms with van der Waals surface area (Å²) in [5.41, 5.74) is 1.07. The highest BCUT2D eigenvalue weighted by Gasteiger charge is 2.54. The van der Waals surface area contributed by atoms with E-state index in [0.717, 1.165) is 6.92 Å². The molecule has 2 aromatic rings. The first-order valence-electron chi connectivity index (χ1n) is 9.17. The highest BCUT2D eigenvalue weighted by Crippen LogP contribution is 2.38. The van der Waals surface area contributed by atoms with Gasteiger partial charge in [-0.05, 0) is 11.1 Å². The van der Waals surface area contributed by atoms with E-state index in [1.165, 1.54) is 0 Å². The van der Waals surface area contributed by atoms with Gasteiger partial charge in [0.1, 0.15) is 19.5 Å². The van der Waals surface area contributed by atoms with Crippen LogP contribution in [0.25, 0.3) is 0 Å². The first kappa shape index (κ1) is 23.1. The summed E-state index contributed by atoms with van der Waals surface area (Å²) in [4.78, 5) is 36.2. The Kier molecular flexibility index (Phi) is 8.15. The lowest BCUT2D eigenvalue weighted by atomic mass is 9.82. The average Bonchev–Trinajstić information content (AvgIpc) is 2.74. The van der Waals surface area contributed by atoms with Crippen molar-refractivity contribution in [2.75, 3.05) is 0 Å². The van der Waals surface area contributed by atoms with Crippen molar-refractivity contribution >= 4 is 18.2 Å². The Morgan fingerprint density at radius 2 is 1.27 bits per heavy atom. The van der Waals surface area contributed by atoms with Crippen LogP contribution in [0.5, 0.6) is 0 Å². The lowest BCUT2D eigenvalue weighted by molar-refractivity contribution is -0.215. The van der Waals surface area contributed by atoms with E-state index in [4.69, 9.17) is 9.47 Å². The SMILES string of the molecule is C[C@@H](C=O)[C@H](C(C(=O)OCc1ccccc1)C(=O)OCc1ccccc1)C(F)(F)F. The van der Waals surface area contributed by atoms with Crippen molar-refractivity contribution in [2.45, 2.75) is 26.3 Å². The molecule has 0 saturated heterocycles. The number of hydrogen-bond acceptors (Lipinski definition) is 5. The summed E-state index contributed by atoms with van der Waals surface area (Å²) >= 11 is 0. The molecule has 8 heteroatoms. The first-order chi connectivity index (χ1) is 14.2. The van der Waals surface area contributed by atoms with Crippen molar-refractivity contribution in [3.63, 3.8) is 0 Å². The van der Waals surface area contributed by atoms with Gasteiger partial charge in [0.15, 0.2) is 5.92 Å². The largest absolute Gasteiger partial charge is 0.460 e. The number of carbonyl (C=O) groups is 3. The molecule has 0 radical (unpaired) electrons. The Bertz CT molecular complexity index is 781. The molecule has 0 N–H and O–H groups in total. The zero-order valence-electron chi connectivity index (χ0n) is 16.2. The van der Waals surface area contributed by atoms with Crippen LogP contribution in [0, 0.1) is 17.8 Å². The number of carbonyl (C=O) groups excluding carboxylic acids is 3. The number of halogens is 3. The van der Waals surface area contributed by atoms with Crippen LogP contribution in [0.1, 0.15) is 18.1 Å². The third kappa shape index (κ3) is 6.43. The molecule has 0 aliphatic rings. The summed E-state index contributed by atoms with van der Waals surface area (Å²) in [6.45, 7) is 0.359. The highest BCUT2D eigenvalue weighted by atomic mass is 19.4. The van der Waals surface area contributed by atoms with Gasteiger partial charge in [0.05, 0.1) is 5.92 Å². The Labute approximate surface area is 171 Å². The minimum absolute atomic E-state index is 0.0557. The van der Waals surface area contributed by atoms with E-state index in [9.17, 15) is 27.6 Å². The summed E-state index contributed by atoms with van der Waals surface area (Å²) in [6.07, 6.45) is -4.94. The van der Waals surface area contributed by atoms with Gasteiger partial charge in [0, 0.05) is 5.92 Å². The van der Waals surface area contributed by atoms with Crippen LogP contribution in [-0.2, 0) is 37.1 Å². The van der Waals surface area contributed by atoms with Gasteiger partial charge >= 0.3 is 18.1 Å². The molecule has 0 heterocycles. The molecule has 0 amide bonds. The van der Waals surface area contributed by atoms with E-state index < -0.39 is 35.9 Å². The van der Waals surface area contributed by atoms with Crippen molar-refractivity contribution in [2.24, 2.45) is 17.8 Å². The molecular weight excluding hydrogens is 401 g/mol. The van der Waals surface area contributed by atoms with Crippen molar-refractivity contribution in [1.29, 1.82) is 0 Å². The summed E-state index contributed by atoms with van der Waals surface area (Å²) < 4.78 is 51.0. The van der Waals surface area contributed by atoms with Crippen LogP contribution in [0.3, 0.4) is 0 Å². The number of aldehydes is 1. The molecule has 2 atom stereocenters. The molecule has 160 valence electrons. The van der Waals surface area contributed by atoms with E-state index >= 15 is 0 Å². The molecule has 30 heavy (non-hydrogen) atoms. The maximum absolute atomic E-state index is 13.7. The second-order valence-corrected chi connectivity index (χ2v) is 6.73. The molecule has 0 unspecified atom stereocenters. The Hall–Kier alpha value is -3.16. The molecule has 0 aliphatic carbocycles. The van der Waals surface area contributed by atoms with Gasteiger partial charge in [-0.25, -0.2) is 0 Å². The number of benzene rings is 2. The topological polar surface area (TPSA) is 69.7 Å². The molecular formula is C22H21F3O5. The van der Waals surface area contributed by atoms with Crippen LogP contribution in [0.15, 0.2) is 60.7 Å². The normalized spacial score (nSPS) is 13.4.